The van der Waals surface area contributed by atoms with E-state index in [1.54, 1.807) is 14.0 Å². The molecule has 0 aliphatic carbocycles. The van der Waals surface area contributed by atoms with Gasteiger partial charge >= 0.3 is 5.97 Å². The Hall–Kier alpha value is -0.610. The van der Waals surface area contributed by atoms with Gasteiger partial charge in [0.15, 0.2) is 0 Å². The summed E-state index contributed by atoms with van der Waals surface area (Å²) in [6.45, 7) is 10.8. The first-order valence-corrected chi connectivity index (χ1v) is 5.83. The SMILES string of the molecule is CCOC(=O)C(C)(NCC(C)C)C(C)OC. The molecule has 0 spiro atoms. The van der Waals surface area contributed by atoms with Gasteiger partial charge in [0.25, 0.3) is 0 Å². The largest absolute Gasteiger partial charge is 0.465 e. The molecule has 0 saturated carbocycles. The monoisotopic (exact) mass is 231 g/mol. The van der Waals surface area contributed by atoms with Crippen LogP contribution in [0.15, 0.2) is 0 Å². The highest BCUT2D eigenvalue weighted by atomic mass is 16.5. The maximum Gasteiger partial charge on any atom is 0.328 e. The molecule has 0 aromatic heterocycles. The van der Waals surface area contributed by atoms with Gasteiger partial charge in [-0.1, -0.05) is 13.8 Å². The van der Waals surface area contributed by atoms with Crippen LogP contribution in [-0.2, 0) is 14.3 Å². The third-order valence-electron chi connectivity index (χ3n) is 2.74. The number of methoxy groups -OCH3 is 1. The predicted octanol–water partition coefficient (Wildman–Crippen LogP) is 1.59. The van der Waals surface area contributed by atoms with Crippen molar-refractivity contribution in [2.45, 2.75) is 46.3 Å². The molecule has 16 heavy (non-hydrogen) atoms. The number of carbonyl (C=O) groups excluding carboxylic acids is 1. The average molecular weight is 231 g/mol. The summed E-state index contributed by atoms with van der Waals surface area (Å²) in [6, 6.07) is 0. The molecule has 0 amide bonds. The Kier molecular flexibility index (Phi) is 6.60. The zero-order valence-electron chi connectivity index (χ0n) is 11.3. The van der Waals surface area contributed by atoms with Crippen LogP contribution in [0, 0.1) is 5.92 Å². The average Bonchev–Trinajstić information content (AvgIpc) is 2.24. The minimum atomic E-state index is -0.783. The van der Waals surface area contributed by atoms with Crippen molar-refractivity contribution in [3.05, 3.63) is 0 Å². The van der Waals surface area contributed by atoms with Gasteiger partial charge < -0.3 is 9.47 Å². The third-order valence-corrected chi connectivity index (χ3v) is 2.74. The van der Waals surface area contributed by atoms with Gasteiger partial charge in [0.2, 0.25) is 0 Å². The van der Waals surface area contributed by atoms with Crippen LogP contribution in [0.4, 0.5) is 0 Å². The summed E-state index contributed by atoms with van der Waals surface area (Å²) in [7, 11) is 1.60. The fraction of sp³-hybridized carbons (Fsp3) is 0.917. The van der Waals surface area contributed by atoms with Crippen molar-refractivity contribution < 1.29 is 14.3 Å². The highest BCUT2D eigenvalue weighted by Crippen LogP contribution is 2.15. The van der Waals surface area contributed by atoms with E-state index < -0.39 is 5.54 Å². The molecule has 0 heterocycles. The van der Waals surface area contributed by atoms with E-state index >= 15 is 0 Å². The highest BCUT2D eigenvalue weighted by molar-refractivity contribution is 5.81. The molecule has 0 aromatic rings. The molecule has 0 bridgehead atoms. The van der Waals surface area contributed by atoms with Crippen molar-refractivity contribution in [3.63, 3.8) is 0 Å². The van der Waals surface area contributed by atoms with E-state index in [-0.39, 0.29) is 12.1 Å². The fourth-order valence-corrected chi connectivity index (χ4v) is 1.31. The lowest BCUT2D eigenvalue weighted by Gasteiger charge is -2.34. The number of nitrogens with one attached hydrogen (secondary N) is 1. The van der Waals surface area contributed by atoms with E-state index in [0.29, 0.717) is 12.5 Å². The lowest BCUT2D eigenvalue weighted by atomic mass is 9.95. The standard InChI is InChI=1S/C12H25NO3/c1-7-16-11(14)12(5,10(4)15-6)13-8-9(2)3/h9-10,13H,7-8H2,1-6H3. The first kappa shape index (κ1) is 15.4. The van der Waals surface area contributed by atoms with Gasteiger partial charge in [-0.15, -0.1) is 0 Å². The van der Waals surface area contributed by atoms with E-state index in [4.69, 9.17) is 9.47 Å². The van der Waals surface area contributed by atoms with Crippen molar-refractivity contribution in [2.24, 2.45) is 5.92 Å². The minimum absolute atomic E-state index is 0.231. The molecule has 0 radical (unpaired) electrons. The molecule has 1 N–H and O–H groups in total. The molecule has 96 valence electrons. The van der Waals surface area contributed by atoms with Crippen molar-refractivity contribution in [1.82, 2.24) is 5.32 Å². The molecule has 0 saturated heterocycles. The molecular formula is C12H25NO3. The Balaban J connectivity index is 4.66. The van der Waals surface area contributed by atoms with E-state index in [2.05, 4.69) is 19.2 Å². The smallest absolute Gasteiger partial charge is 0.328 e. The van der Waals surface area contributed by atoms with Gasteiger partial charge in [0.1, 0.15) is 5.54 Å². The van der Waals surface area contributed by atoms with Crippen LogP contribution in [0.5, 0.6) is 0 Å². The maximum atomic E-state index is 11.9. The summed E-state index contributed by atoms with van der Waals surface area (Å²) in [6.07, 6.45) is -0.231. The lowest BCUT2D eigenvalue weighted by Crippen LogP contribution is -2.59. The molecule has 0 aliphatic heterocycles. The maximum absolute atomic E-state index is 11.9. The van der Waals surface area contributed by atoms with Gasteiger partial charge in [-0.25, -0.2) is 4.79 Å². The van der Waals surface area contributed by atoms with Crippen molar-refractivity contribution in [3.8, 4) is 0 Å². The fourth-order valence-electron chi connectivity index (χ4n) is 1.31. The van der Waals surface area contributed by atoms with Crippen LogP contribution in [0.2, 0.25) is 0 Å². The zero-order chi connectivity index (χ0) is 12.8. The van der Waals surface area contributed by atoms with E-state index in [1.807, 2.05) is 13.8 Å². The van der Waals surface area contributed by atoms with E-state index in [0.717, 1.165) is 6.54 Å². The Bertz CT molecular complexity index is 218. The second-order valence-corrected chi connectivity index (χ2v) is 4.58. The molecule has 2 unspecified atom stereocenters. The van der Waals surface area contributed by atoms with E-state index in [9.17, 15) is 4.79 Å². The van der Waals surface area contributed by atoms with E-state index in [1.165, 1.54) is 0 Å². The summed E-state index contributed by atoms with van der Waals surface area (Å²) in [5.41, 5.74) is -0.783. The molecule has 4 nitrogen and oxygen atoms in total. The second-order valence-electron chi connectivity index (χ2n) is 4.58. The lowest BCUT2D eigenvalue weighted by molar-refractivity contribution is -0.156. The van der Waals surface area contributed by atoms with Gasteiger partial charge in [-0.05, 0) is 33.2 Å². The van der Waals surface area contributed by atoms with Gasteiger partial charge in [-0.2, -0.15) is 0 Å². The summed E-state index contributed by atoms with van der Waals surface area (Å²) in [4.78, 5) is 11.9. The number of rotatable bonds is 7. The summed E-state index contributed by atoms with van der Waals surface area (Å²) in [5, 5.41) is 3.23. The quantitative estimate of drug-likeness (QED) is 0.676. The van der Waals surface area contributed by atoms with Gasteiger partial charge in [-0.3, -0.25) is 5.32 Å². The third kappa shape index (κ3) is 4.10. The summed E-state index contributed by atoms with van der Waals surface area (Å²) < 4.78 is 10.3. The molecule has 0 aliphatic rings. The Morgan fingerprint density at radius 1 is 1.38 bits per heavy atom. The molecular weight excluding hydrogens is 206 g/mol. The Labute approximate surface area is 98.7 Å². The summed E-state index contributed by atoms with van der Waals surface area (Å²) >= 11 is 0. The topological polar surface area (TPSA) is 47.6 Å². The normalized spacial score (nSPS) is 16.9. The number of hydrogen-bond acceptors (Lipinski definition) is 4. The first-order valence-electron chi connectivity index (χ1n) is 5.83. The molecule has 2 atom stereocenters. The molecule has 0 fully saturated rings. The van der Waals surface area contributed by atoms with Crippen molar-refractivity contribution >= 4 is 5.97 Å². The van der Waals surface area contributed by atoms with Gasteiger partial charge in [0.05, 0.1) is 12.7 Å². The second kappa shape index (κ2) is 6.86. The van der Waals surface area contributed by atoms with Crippen molar-refractivity contribution in [2.75, 3.05) is 20.3 Å². The number of hydrogen-bond donors (Lipinski definition) is 1. The molecule has 4 heteroatoms. The number of esters is 1. The highest BCUT2D eigenvalue weighted by Gasteiger charge is 2.40. The Morgan fingerprint density at radius 3 is 2.31 bits per heavy atom. The number of carbonyl (C=O) groups is 1. The first-order chi connectivity index (χ1) is 7.38. The van der Waals surface area contributed by atoms with Crippen LogP contribution >= 0.6 is 0 Å². The summed E-state index contributed by atoms with van der Waals surface area (Å²) in [5.74, 6) is 0.211. The zero-order valence-corrected chi connectivity index (χ0v) is 11.3. The Morgan fingerprint density at radius 2 is 1.94 bits per heavy atom. The van der Waals surface area contributed by atoms with Crippen LogP contribution in [0.25, 0.3) is 0 Å². The minimum Gasteiger partial charge on any atom is -0.465 e. The van der Waals surface area contributed by atoms with Crippen LogP contribution < -0.4 is 5.32 Å². The van der Waals surface area contributed by atoms with Crippen LogP contribution in [0.3, 0.4) is 0 Å². The predicted molar refractivity (Wildman–Crippen MR) is 64.3 cm³/mol. The van der Waals surface area contributed by atoms with Crippen molar-refractivity contribution in [1.29, 1.82) is 0 Å². The molecule has 0 aromatic carbocycles. The van der Waals surface area contributed by atoms with Gasteiger partial charge in [0, 0.05) is 7.11 Å². The van der Waals surface area contributed by atoms with Crippen LogP contribution in [-0.4, -0.2) is 37.9 Å². The van der Waals surface area contributed by atoms with Crippen LogP contribution in [0.1, 0.15) is 34.6 Å². The molecule has 0 rings (SSSR count). The number of ether oxygens (including phenoxy) is 2.